The van der Waals surface area contributed by atoms with Gasteiger partial charge in [-0.15, -0.1) is 0 Å². The molecule has 1 amide bonds. The fraction of sp³-hybridized carbons (Fsp3) is 0.588. The summed E-state index contributed by atoms with van der Waals surface area (Å²) >= 11 is 5.90. The Balaban J connectivity index is 1.91. The van der Waals surface area contributed by atoms with Crippen LogP contribution in [0.5, 0.6) is 5.75 Å². The number of hydrogen-bond acceptors (Lipinski definition) is 3. The second-order valence-electron chi connectivity index (χ2n) is 6.93. The predicted molar refractivity (Wildman–Crippen MR) is 87.9 cm³/mol. The minimum atomic E-state index is -4.44. The van der Waals surface area contributed by atoms with E-state index in [0.717, 1.165) is 12.1 Å². The van der Waals surface area contributed by atoms with Gasteiger partial charge < -0.3 is 14.4 Å². The molecule has 1 aromatic rings. The van der Waals surface area contributed by atoms with Crippen molar-refractivity contribution in [1.29, 1.82) is 0 Å². The van der Waals surface area contributed by atoms with Gasteiger partial charge >= 0.3 is 12.3 Å². The molecule has 0 saturated carbocycles. The molecule has 0 spiro atoms. The molecule has 0 atom stereocenters. The molecule has 1 aromatic carbocycles. The van der Waals surface area contributed by atoms with Crippen molar-refractivity contribution in [3.8, 4) is 5.75 Å². The number of hydrogen-bond donors (Lipinski definition) is 0. The lowest BCUT2D eigenvalue weighted by Crippen LogP contribution is -2.44. The summed E-state index contributed by atoms with van der Waals surface area (Å²) in [7, 11) is 0. The zero-order valence-electron chi connectivity index (χ0n) is 14.3. The molecule has 0 N–H and O–H groups in total. The maximum atomic E-state index is 12.6. The van der Waals surface area contributed by atoms with Gasteiger partial charge in [0.05, 0.1) is 10.6 Å². The molecule has 0 bridgehead atoms. The van der Waals surface area contributed by atoms with Crippen molar-refractivity contribution in [2.45, 2.75) is 51.5 Å². The van der Waals surface area contributed by atoms with Crippen LogP contribution in [0.1, 0.15) is 39.2 Å². The maximum absolute atomic E-state index is 12.6. The average Bonchev–Trinajstić information content (AvgIpc) is 2.47. The normalized spacial score (nSPS) is 16.7. The van der Waals surface area contributed by atoms with Crippen LogP contribution in [0, 0.1) is 0 Å². The summed E-state index contributed by atoms with van der Waals surface area (Å²) < 4.78 is 49.0. The van der Waals surface area contributed by atoms with Crippen molar-refractivity contribution in [2.24, 2.45) is 0 Å². The summed E-state index contributed by atoms with van der Waals surface area (Å²) in [5.74, 6) is 0.213. The summed E-state index contributed by atoms with van der Waals surface area (Å²) in [5.41, 5.74) is -1.37. The highest BCUT2D eigenvalue weighted by atomic mass is 35.5. The van der Waals surface area contributed by atoms with E-state index in [1.165, 1.54) is 6.07 Å². The Morgan fingerprint density at radius 2 is 1.80 bits per heavy atom. The Morgan fingerprint density at radius 1 is 1.20 bits per heavy atom. The monoisotopic (exact) mass is 379 g/mol. The van der Waals surface area contributed by atoms with Crippen LogP contribution in [-0.4, -0.2) is 35.8 Å². The van der Waals surface area contributed by atoms with E-state index in [1.807, 2.05) is 0 Å². The number of carbonyl (C=O) groups excluding carboxylic acids is 1. The lowest BCUT2D eigenvalue weighted by molar-refractivity contribution is -0.137. The molecule has 140 valence electrons. The quantitative estimate of drug-likeness (QED) is 0.714. The molecule has 0 aliphatic carbocycles. The number of halogens is 4. The summed E-state index contributed by atoms with van der Waals surface area (Å²) in [5, 5.41) is -0.0793. The third-order valence-electron chi connectivity index (χ3n) is 3.65. The number of rotatable bonds is 2. The maximum Gasteiger partial charge on any atom is 0.416 e. The second-order valence-corrected chi connectivity index (χ2v) is 7.33. The topological polar surface area (TPSA) is 38.8 Å². The first-order valence-electron chi connectivity index (χ1n) is 7.97. The summed E-state index contributed by atoms with van der Waals surface area (Å²) in [6.07, 6.45) is -3.93. The summed E-state index contributed by atoms with van der Waals surface area (Å²) in [4.78, 5) is 13.6. The molecule has 0 unspecified atom stereocenters. The number of nitrogens with zero attached hydrogens (tertiary/aromatic N) is 1. The van der Waals surface area contributed by atoms with Gasteiger partial charge in [-0.1, -0.05) is 11.6 Å². The zero-order chi connectivity index (χ0) is 18.8. The SMILES string of the molecule is CC(C)(C)OC(=O)N1CCC(Oc2ccc(C(F)(F)F)cc2Cl)CC1. The lowest BCUT2D eigenvalue weighted by Gasteiger charge is -2.33. The number of carbonyl (C=O) groups is 1. The molecule has 4 nitrogen and oxygen atoms in total. The van der Waals surface area contributed by atoms with E-state index in [0.29, 0.717) is 25.9 Å². The third-order valence-corrected chi connectivity index (χ3v) is 3.94. The van der Waals surface area contributed by atoms with E-state index >= 15 is 0 Å². The number of ether oxygens (including phenoxy) is 2. The average molecular weight is 380 g/mol. The summed E-state index contributed by atoms with van der Waals surface area (Å²) in [6.45, 7) is 6.31. The minimum absolute atomic E-state index is 0.0793. The van der Waals surface area contributed by atoms with Crippen LogP contribution in [0.15, 0.2) is 18.2 Å². The highest BCUT2D eigenvalue weighted by molar-refractivity contribution is 6.32. The Morgan fingerprint density at radius 3 is 2.28 bits per heavy atom. The highest BCUT2D eigenvalue weighted by Gasteiger charge is 2.32. The van der Waals surface area contributed by atoms with E-state index in [4.69, 9.17) is 21.1 Å². The van der Waals surface area contributed by atoms with E-state index in [1.54, 1.807) is 25.7 Å². The molecule has 0 aromatic heterocycles. The van der Waals surface area contributed by atoms with Crippen LogP contribution in [0.3, 0.4) is 0 Å². The first kappa shape index (κ1) is 19.7. The number of piperidine rings is 1. The van der Waals surface area contributed by atoms with Crippen molar-refractivity contribution >= 4 is 17.7 Å². The molecule has 1 heterocycles. The van der Waals surface area contributed by atoms with Gasteiger partial charge in [0.1, 0.15) is 17.5 Å². The van der Waals surface area contributed by atoms with Crippen LogP contribution < -0.4 is 4.74 Å². The molecule has 1 saturated heterocycles. The molecule has 1 aliphatic rings. The first-order chi connectivity index (χ1) is 11.5. The minimum Gasteiger partial charge on any atom is -0.489 e. The first-order valence-corrected chi connectivity index (χ1v) is 8.35. The number of amides is 1. The Kier molecular flexibility index (Phi) is 5.76. The number of benzene rings is 1. The number of alkyl halides is 3. The summed E-state index contributed by atoms with van der Waals surface area (Å²) in [6, 6.07) is 3.02. The fourth-order valence-electron chi connectivity index (χ4n) is 2.44. The standard InChI is InChI=1S/C17H21ClF3NO3/c1-16(2,3)25-15(23)22-8-6-12(7-9-22)24-14-5-4-11(10-13(14)18)17(19,20)21/h4-5,10,12H,6-9H2,1-3H3. The highest BCUT2D eigenvalue weighted by Crippen LogP contribution is 2.35. The molecule has 1 fully saturated rings. The van der Waals surface area contributed by atoms with Gasteiger partial charge in [-0.25, -0.2) is 4.79 Å². The van der Waals surface area contributed by atoms with Crippen LogP contribution >= 0.6 is 11.6 Å². The predicted octanol–water partition coefficient (Wildman–Crippen LogP) is 5.14. The van der Waals surface area contributed by atoms with Gasteiger partial charge in [-0.05, 0) is 39.0 Å². The Labute approximate surface area is 149 Å². The number of likely N-dealkylation sites (tertiary alicyclic amines) is 1. The van der Waals surface area contributed by atoms with Gasteiger partial charge in [0.15, 0.2) is 0 Å². The molecule has 1 aliphatic heterocycles. The van der Waals surface area contributed by atoms with Gasteiger partial charge in [0.2, 0.25) is 0 Å². The van der Waals surface area contributed by atoms with Crippen molar-refractivity contribution in [1.82, 2.24) is 4.90 Å². The molecule has 25 heavy (non-hydrogen) atoms. The second kappa shape index (κ2) is 7.32. The smallest absolute Gasteiger partial charge is 0.416 e. The molecular formula is C17H21ClF3NO3. The van der Waals surface area contributed by atoms with E-state index in [9.17, 15) is 18.0 Å². The van der Waals surface area contributed by atoms with Crippen molar-refractivity contribution < 1.29 is 27.4 Å². The lowest BCUT2D eigenvalue weighted by atomic mass is 10.1. The van der Waals surface area contributed by atoms with Gasteiger partial charge in [0, 0.05) is 25.9 Å². The fourth-order valence-corrected chi connectivity index (χ4v) is 2.66. The Bertz CT molecular complexity index is 621. The van der Waals surface area contributed by atoms with E-state index in [2.05, 4.69) is 0 Å². The van der Waals surface area contributed by atoms with Gasteiger partial charge in [0.25, 0.3) is 0 Å². The molecule has 0 radical (unpaired) electrons. The van der Waals surface area contributed by atoms with Gasteiger partial charge in [-0.2, -0.15) is 13.2 Å². The molecule has 2 rings (SSSR count). The van der Waals surface area contributed by atoms with Gasteiger partial charge in [-0.3, -0.25) is 0 Å². The molecular weight excluding hydrogens is 359 g/mol. The van der Waals surface area contributed by atoms with Crippen molar-refractivity contribution in [3.63, 3.8) is 0 Å². The van der Waals surface area contributed by atoms with E-state index < -0.39 is 17.3 Å². The van der Waals surface area contributed by atoms with Crippen molar-refractivity contribution in [2.75, 3.05) is 13.1 Å². The van der Waals surface area contributed by atoms with Crippen LogP contribution in [-0.2, 0) is 10.9 Å². The van der Waals surface area contributed by atoms with E-state index in [-0.39, 0.29) is 23.0 Å². The van der Waals surface area contributed by atoms with Crippen LogP contribution in [0.25, 0.3) is 0 Å². The Hall–Kier alpha value is -1.63. The third kappa shape index (κ3) is 5.70. The molecule has 8 heteroatoms. The zero-order valence-corrected chi connectivity index (χ0v) is 15.1. The van der Waals surface area contributed by atoms with Crippen LogP contribution in [0.4, 0.5) is 18.0 Å². The van der Waals surface area contributed by atoms with Crippen LogP contribution in [0.2, 0.25) is 5.02 Å². The van der Waals surface area contributed by atoms with Crippen molar-refractivity contribution in [3.05, 3.63) is 28.8 Å². The largest absolute Gasteiger partial charge is 0.489 e.